The molecule has 2 aliphatic rings. The maximum atomic E-state index is 12.6. The van der Waals surface area contributed by atoms with Crippen LogP contribution in [0.3, 0.4) is 0 Å². The Bertz CT molecular complexity index is 845. The molecule has 1 saturated heterocycles. The summed E-state index contributed by atoms with van der Waals surface area (Å²) >= 11 is 0. The van der Waals surface area contributed by atoms with E-state index in [2.05, 4.69) is 21.3 Å². The quantitative estimate of drug-likeness (QED) is 0.511. The summed E-state index contributed by atoms with van der Waals surface area (Å²) < 4.78 is 15.6. The highest BCUT2D eigenvalue weighted by molar-refractivity contribution is 5.97. The van der Waals surface area contributed by atoms with Crippen molar-refractivity contribution in [3.05, 3.63) is 23.8 Å². The van der Waals surface area contributed by atoms with Crippen LogP contribution in [-0.2, 0) is 14.3 Å². The molecule has 2 heterocycles. The van der Waals surface area contributed by atoms with E-state index in [-0.39, 0.29) is 31.6 Å². The molecule has 11 heteroatoms. The molecular weight excluding hydrogens is 408 g/mol. The van der Waals surface area contributed by atoms with Crippen LogP contribution in [-0.4, -0.2) is 69.3 Å². The molecule has 0 aliphatic carbocycles. The normalized spacial score (nSPS) is 22.4. The number of alkyl carbamates (subject to hydrolysis) is 1. The Morgan fingerprint density at radius 1 is 1.13 bits per heavy atom. The van der Waals surface area contributed by atoms with Crippen molar-refractivity contribution in [3.63, 3.8) is 0 Å². The van der Waals surface area contributed by atoms with Gasteiger partial charge in [-0.25, -0.2) is 4.79 Å². The molecule has 3 rings (SSSR count). The number of carbonyl (C=O) groups excluding carboxylic acids is 4. The van der Waals surface area contributed by atoms with Gasteiger partial charge in [0.05, 0.1) is 19.2 Å². The molecule has 168 valence electrons. The molecule has 4 amide bonds. The molecule has 0 bridgehead atoms. The number of benzene rings is 1. The molecule has 1 fully saturated rings. The SMILES string of the molecule is COc1ccc2c(c1)OCCNC(=O)[C@@H](NC(=O)[C@@H]1COC(=O)N1)CCCCNC2=O. The molecular formula is C20H26N4O7. The smallest absolute Gasteiger partial charge is 0.407 e. The molecule has 2 atom stereocenters. The van der Waals surface area contributed by atoms with Crippen LogP contribution >= 0.6 is 0 Å². The highest BCUT2D eigenvalue weighted by Crippen LogP contribution is 2.25. The summed E-state index contributed by atoms with van der Waals surface area (Å²) in [7, 11) is 1.52. The van der Waals surface area contributed by atoms with E-state index in [0.717, 1.165) is 0 Å². The van der Waals surface area contributed by atoms with Gasteiger partial charge in [0.1, 0.15) is 36.8 Å². The van der Waals surface area contributed by atoms with E-state index in [9.17, 15) is 19.2 Å². The number of hydrogen-bond acceptors (Lipinski definition) is 7. The number of carbonyl (C=O) groups is 4. The van der Waals surface area contributed by atoms with Gasteiger partial charge in [-0.2, -0.15) is 0 Å². The summed E-state index contributed by atoms with van der Waals surface area (Å²) in [5.74, 6) is -0.208. The summed E-state index contributed by atoms with van der Waals surface area (Å²) in [6.45, 7) is 0.611. The van der Waals surface area contributed by atoms with Crippen LogP contribution in [0.2, 0.25) is 0 Å². The minimum atomic E-state index is -0.831. The van der Waals surface area contributed by atoms with Gasteiger partial charge in [-0.05, 0) is 31.4 Å². The van der Waals surface area contributed by atoms with Crippen LogP contribution in [0.5, 0.6) is 11.5 Å². The lowest BCUT2D eigenvalue weighted by atomic mass is 10.1. The molecule has 0 spiro atoms. The molecule has 1 aromatic carbocycles. The third-order valence-electron chi connectivity index (χ3n) is 4.92. The van der Waals surface area contributed by atoms with Gasteiger partial charge in [-0.15, -0.1) is 0 Å². The third kappa shape index (κ3) is 6.00. The first-order valence-electron chi connectivity index (χ1n) is 10.1. The predicted octanol–water partition coefficient (Wildman–Crippen LogP) is -0.303. The largest absolute Gasteiger partial charge is 0.497 e. The minimum Gasteiger partial charge on any atom is -0.497 e. The lowest BCUT2D eigenvalue weighted by Crippen LogP contribution is -2.52. The number of rotatable bonds is 3. The van der Waals surface area contributed by atoms with Crippen molar-refractivity contribution in [2.45, 2.75) is 31.3 Å². The molecule has 0 unspecified atom stereocenters. The van der Waals surface area contributed by atoms with Crippen molar-refractivity contribution < 1.29 is 33.4 Å². The van der Waals surface area contributed by atoms with Gasteiger partial charge in [-0.1, -0.05) is 0 Å². The first-order valence-corrected chi connectivity index (χ1v) is 10.1. The topological polar surface area (TPSA) is 144 Å². The molecule has 0 saturated carbocycles. The van der Waals surface area contributed by atoms with E-state index in [1.807, 2.05) is 0 Å². The van der Waals surface area contributed by atoms with Crippen LogP contribution in [0.1, 0.15) is 29.6 Å². The number of cyclic esters (lactones) is 1. The first-order chi connectivity index (χ1) is 15.0. The molecule has 31 heavy (non-hydrogen) atoms. The zero-order valence-electron chi connectivity index (χ0n) is 17.2. The highest BCUT2D eigenvalue weighted by atomic mass is 16.6. The Labute approximate surface area is 179 Å². The van der Waals surface area contributed by atoms with Gasteiger partial charge in [0.2, 0.25) is 11.8 Å². The maximum absolute atomic E-state index is 12.6. The first kappa shape index (κ1) is 22.2. The van der Waals surface area contributed by atoms with Gasteiger partial charge >= 0.3 is 6.09 Å². The van der Waals surface area contributed by atoms with Crippen molar-refractivity contribution in [2.75, 3.05) is 33.4 Å². The molecule has 0 radical (unpaired) electrons. The fourth-order valence-corrected chi connectivity index (χ4v) is 3.23. The Morgan fingerprint density at radius 3 is 2.71 bits per heavy atom. The number of ether oxygens (including phenoxy) is 3. The van der Waals surface area contributed by atoms with Gasteiger partial charge in [0, 0.05) is 12.6 Å². The number of fused-ring (bicyclic) bond motifs is 1. The van der Waals surface area contributed by atoms with Crippen LogP contribution < -0.4 is 30.7 Å². The van der Waals surface area contributed by atoms with Crippen molar-refractivity contribution >= 4 is 23.8 Å². The molecule has 0 aromatic heterocycles. The standard InChI is InChI=1S/C20H26N4O7/c1-29-12-5-6-13-16(10-12)30-9-8-22-18(26)14(4-2-3-7-21-17(13)25)23-19(27)15-11-31-20(28)24-15/h5-6,10,14-15H,2-4,7-9,11H2,1H3,(H,21,25)(H,22,26)(H,23,27)(H,24,28)/t14-,15-/m0/s1. The number of nitrogens with one attached hydrogen (secondary N) is 4. The van der Waals surface area contributed by atoms with Gasteiger partial charge in [-0.3, -0.25) is 14.4 Å². The van der Waals surface area contributed by atoms with E-state index < -0.39 is 24.1 Å². The zero-order valence-corrected chi connectivity index (χ0v) is 17.2. The number of amides is 4. The average molecular weight is 434 g/mol. The highest BCUT2D eigenvalue weighted by Gasteiger charge is 2.31. The van der Waals surface area contributed by atoms with Crippen LogP contribution in [0, 0.1) is 0 Å². The Morgan fingerprint density at radius 2 is 1.97 bits per heavy atom. The summed E-state index contributed by atoms with van der Waals surface area (Å²) in [5.41, 5.74) is 0.384. The second-order valence-corrected chi connectivity index (χ2v) is 7.11. The Balaban J connectivity index is 1.65. The minimum absolute atomic E-state index is 0.0816. The monoisotopic (exact) mass is 434 g/mol. The summed E-state index contributed by atoms with van der Waals surface area (Å²) in [6.07, 6.45) is 0.920. The average Bonchev–Trinajstić information content (AvgIpc) is 3.21. The Kier molecular flexibility index (Phi) is 7.52. The fraction of sp³-hybridized carbons (Fsp3) is 0.500. The maximum Gasteiger partial charge on any atom is 0.407 e. The van der Waals surface area contributed by atoms with Crippen LogP contribution in [0.25, 0.3) is 0 Å². The number of methoxy groups -OCH3 is 1. The van der Waals surface area contributed by atoms with Gasteiger partial charge in [0.15, 0.2) is 0 Å². The van der Waals surface area contributed by atoms with E-state index in [4.69, 9.17) is 14.2 Å². The summed E-state index contributed by atoms with van der Waals surface area (Å²) in [4.78, 5) is 48.6. The van der Waals surface area contributed by atoms with Crippen molar-refractivity contribution in [2.24, 2.45) is 0 Å². The van der Waals surface area contributed by atoms with E-state index >= 15 is 0 Å². The second-order valence-electron chi connectivity index (χ2n) is 7.11. The third-order valence-corrected chi connectivity index (χ3v) is 4.92. The zero-order chi connectivity index (χ0) is 22.2. The van der Waals surface area contributed by atoms with Crippen molar-refractivity contribution in [3.8, 4) is 11.5 Å². The van der Waals surface area contributed by atoms with Crippen LogP contribution in [0.4, 0.5) is 4.79 Å². The van der Waals surface area contributed by atoms with Crippen molar-refractivity contribution in [1.29, 1.82) is 0 Å². The second kappa shape index (κ2) is 10.5. The Hall–Kier alpha value is -3.50. The molecule has 4 N–H and O–H groups in total. The van der Waals surface area contributed by atoms with E-state index in [1.54, 1.807) is 18.2 Å². The van der Waals surface area contributed by atoms with E-state index in [1.165, 1.54) is 7.11 Å². The van der Waals surface area contributed by atoms with Crippen LogP contribution in [0.15, 0.2) is 18.2 Å². The number of hydrogen-bond donors (Lipinski definition) is 4. The molecule has 2 aliphatic heterocycles. The molecule has 1 aromatic rings. The van der Waals surface area contributed by atoms with E-state index in [0.29, 0.717) is 42.9 Å². The van der Waals surface area contributed by atoms with Gasteiger partial charge in [0.25, 0.3) is 5.91 Å². The van der Waals surface area contributed by atoms with Crippen molar-refractivity contribution in [1.82, 2.24) is 21.3 Å². The summed E-state index contributed by atoms with van der Waals surface area (Å²) in [6, 6.07) is 3.31. The lowest BCUT2D eigenvalue weighted by Gasteiger charge is -2.21. The molecule has 11 nitrogen and oxygen atoms in total. The van der Waals surface area contributed by atoms with Gasteiger partial charge < -0.3 is 35.5 Å². The summed E-state index contributed by atoms with van der Waals surface area (Å²) in [5, 5.41) is 10.6. The lowest BCUT2D eigenvalue weighted by molar-refractivity contribution is -0.130. The fourth-order valence-electron chi connectivity index (χ4n) is 3.23. The predicted molar refractivity (Wildman–Crippen MR) is 108 cm³/mol.